The number of carbonyl (C=O) groups excluding carboxylic acids is 1. The lowest BCUT2D eigenvalue weighted by molar-refractivity contribution is -0.135. The van der Waals surface area contributed by atoms with E-state index in [-0.39, 0.29) is 18.1 Å². The van der Waals surface area contributed by atoms with E-state index in [0.717, 1.165) is 43.2 Å². The van der Waals surface area contributed by atoms with Crippen molar-refractivity contribution >= 4 is 23.2 Å². The van der Waals surface area contributed by atoms with E-state index in [1.54, 1.807) is 0 Å². The van der Waals surface area contributed by atoms with Gasteiger partial charge in [0.15, 0.2) is 0 Å². The maximum absolute atomic E-state index is 12.3. The van der Waals surface area contributed by atoms with E-state index >= 15 is 0 Å². The van der Waals surface area contributed by atoms with Gasteiger partial charge in [0, 0.05) is 32.2 Å². The van der Waals surface area contributed by atoms with Crippen molar-refractivity contribution in [1.29, 1.82) is 0 Å². The molecule has 2 saturated heterocycles. The van der Waals surface area contributed by atoms with Crippen molar-refractivity contribution in [2.24, 2.45) is 0 Å². The lowest BCUT2D eigenvalue weighted by Crippen LogP contribution is -2.54. The summed E-state index contributed by atoms with van der Waals surface area (Å²) < 4.78 is 5.50. The standard InChI is InChI=1S/C16H22ClN3O2/c17-13-5-1-2-6-14(13)20-8-3-4-12(11-20)19-16(21)15-10-18-7-9-22-15/h1-2,5-6,12,15,18H,3-4,7-11H2,(H,19,21). The van der Waals surface area contributed by atoms with E-state index in [2.05, 4.69) is 15.5 Å². The molecule has 1 aromatic carbocycles. The normalized spacial score (nSPS) is 25.8. The fourth-order valence-electron chi connectivity index (χ4n) is 3.05. The van der Waals surface area contributed by atoms with Crippen molar-refractivity contribution in [2.45, 2.75) is 25.0 Å². The van der Waals surface area contributed by atoms with Gasteiger partial charge in [-0.2, -0.15) is 0 Å². The maximum Gasteiger partial charge on any atom is 0.250 e. The summed E-state index contributed by atoms with van der Waals surface area (Å²) in [5.41, 5.74) is 1.04. The Hall–Kier alpha value is -1.30. The Bertz CT molecular complexity index is 520. The van der Waals surface area contributed by atoms with E-state index in [9.17, 15) is 4.79 Å². The molecule has 0 spiro atoms. The third kappa shape index (κ3) is 3.72. The van der Waals surface area contributed by atoms with Crippen LogP contribution in [0.2, 0.25) is 5.02 Å². The number of piperidine rings is 1. The van der Waals surface area contributed by atoms with Gasteiger partial charge in [0.05, 0.1) is 17.3 Å². The molecular weight excluding hydrogens is 302 g/mol. The molecule has 2 heterocycles. The predicted octanol–water partition coefficient (Wildman–Crippen LogP) is 1.41. The van der Waals surface area contributed by atoms with Gasteiger partial charge in [-0.05, 0) is 25.0 Å². The number of para-hydroxylation sites is 1. The van der Waals surface area contributed by atoms with E-state index in [1.165, 1.54) is 0 Å². The SMILES string of the molecule is O=C(NC1CCCN(c2ccccc2Cl)C1)C1CNCCO1. The Balaban J connectivity index is 1.58. The molecule has 2 aliphatic rings. The smallest absolute Gasteiger partial charge is 0.250 e. The molecule has 6 heteroatoms. The second kappa shape index (κ2) is 7.31. The zero-order valence-electron chi connectivity index (χ0n) is 12.6. The number of nitrogens with one attached hydrogen (secondary N) is 2. The molecule has 2 fully saturated rings. The Morgan fingerprint density at radius 1 is 1.41 bits per heavy atom. The predicted molar refractivity (Wildman–Crippen MR) is 87.4 cm³/mol. The first kappa shape index (κ1) is 15.6. The Kier molecular flexibility index (Phi) is 5.18. The van der Waals surface area contributed by atoms with Gasteiger partial charge < -0.3 is 20.3 Å². The monoisotopic (exact) mass is 323 g/mol. The minimum absolute atomic E-state index is 0.0155. The summed E-state index contributed by atoms with van der Waals surface area (Å²) in [4.78, 5) is 14.5. The molecule has 0 bridgehead atoms. The lowest BCUT2D eigenvalue weighted by atomic mass is 10.0. The van der Waals surface area contributed by atoms with Gasteiger partial charge in [0.2, 0.25) is 0 Å². The second-order valence-electron chi connectivity index (χ2n) is 5.81. The summed E-state index contributed by atoms with van der Waals surface area (Å²) in [5, 5.41) is 7.06. The summed E-state index contributed by atoms with van der Waals surface area (Å²) in [6.07, 6.45) is 1.66. The number of benzene rings is 1. The van der Waals surface area contributed by atoms with Crippen molar-refractivity contribution in [1.82, 2.24) is 10.6 Å². The number of anilines is 1. The van der Waals surface area contributed by atoms with E-state index in [0.29, 0.717) is 13.2 Å². The highest BCUT2D eigenvalue weighted by Gasteiger charge is 2.27. The molecule has 22 heavy (non-hydrogen) atoms. The molecule has 2 atom stereocenters. The highest BCUT2D eigenvalue weighted by molar-refractivity contribution is 6.33. The first-order chi connectivity index (χ1) is 10.7. The van der Waals surface area contributed by atoms with E-state index in [1.807, 2.05) is 24.3 Å². The highest BCUT2D eigenvalue weighted by Crippen LogP contribution is 2.27. The van der Waals surface area contributed by atoms with Crippen molar-refractivity contribution in [3.8, 4) is 0 Å². The maximum atomic E-state index is 12.3. The fraction of sp³-hybridized carbons (Fsp3) is 0.562. The summed E-state index contributed by atoms with van der Waals surface area (Å²) in [5.74, 6) is -0.0155. The van der Waals surface area contributed by atoms with Crippen LogP contribution >= 0.6 is 11.6 Å². The van der Waals surface area contributed by atoms with Crippen LogP contribution in [0.3, 0.4) is 0 Å². The van der Waals surface area contributed by atoms with E-state index in [4.69, 9.17) is 16.3 Å². The number of hydrogen-bond donors (Lipinski definition) is 2. The first-order valence-corrected chi connectivity index (χ1v) is 8.24. The highest BCUT2D eigenvalue weighted by atomic mass is 35.5. The van der Waals surface area contributed by atoms with Gasteiger partial charge in [-0.3, -0.25) is 4.79 Å². The van der Waals surface area contributed by atoms with Crippen LogP contribution in [0.1, 0.15) is 12.8 Å². The van der Waals surface area contributed by atoms with Crippen molar-refractivity contribution in [3.63, 3.8) is 0 Å². The summed E-state index contributed by atoms with van der Waals surface area (Å²) in [7, 11) is 0. The topological polar surface area (TPSA) is 53.6 Å². The third-order valence-corrected chi connectivity index (χ3v) is 4.50. The van der Waals surface area contributed by atoms with Crippen LogP contribution in [0, 0.1) is 0 Å². The number of hydrogen-bond acceptors (Lipinski definition) is 4. The van der Waals surface area contributed by atoms with Crippen molar-refractivity contribution < 1.29 is 9.53 Å². The van der Waals surface area contributed by atoms with Gasteiger partial charge >= 0.3 is 0 Å². The van der Waals surface area contributed by atoms with Crippen molar-refractivity contribution in [3.05, 3.63) is 29.3 Å². The molecule has 0 aliphatic carbocycles. The molecule has 1 amide bonds. The number of carbonyl (C=O) groups is 1. The Morgan fingerprint density at radius 2 is 2.27 bits per heavy atom. The van der Waals surface area contributed by atoms with Gasteiger partial charge in [-0.25, -0.2) is 0 Å². The average Bonchev–Trinajstić information content (AvgIpc) is 2.56. The average molecular weight is 324 g/mol. The fourth-order valence-corrected chi connectivity index (χ4v) is 3.31. The minimum atomic E-state index is -0.371. The molecule has 5 nitrogen and oxygen atoms in total. The first-order valence-electron chi connectivity index (χ1n) is 7.86. The van der Waals surface area contributed by atoms with Gasteiger partial charge in [0.25, 0.3) is 5.91 Å². The molecule has 3 rings (SSSR count). The number of amides is 1. The van der Waals surface area contributed by atoms with Crippen LogP contribution in [0.5, 0.6) is 0 Å². The van der Waals surface area contributed by atoms with Crippen LogP contribution in [-0.4, -0.2) is 50.8 Å². The molecule has 2 unspecified atom stereocenters. The molecule has 0 radical (unpaired) electrons. The molecule has 2 N–H and O–H groups in total. The zero-order valence-corrected chi connectivity index (χ0v) is 13.3. The minimum Gasteiger partial charge on any atom is -0.368 e. The van der Waals surface area contributed by atoms with Crippen LogP contribution in [0.25, 0.3) is 0 Å². The molecule has 120 valence electrons. The van der Waals surface area contributed by atoms with Crippen LogP contribution in [-0.2, 0) is 9.53 Å². The number of ether oxygens (including phenoxy) is 1. The Labute approximate surface area is 136 Å². The second-order valence-corrected chi connectivity index (χ2v) is 6.22. The van der Waals surface area contributed by atoms with E-state index < -0.39 is 0 Å². The Morgan fingerprint density at radius 3 is 3.05 bits per heavy atom. The number of rotatable bonds is 3. The van der Waals surface area contributed by atoms with Crippen molar-refractivity contribution in [2.75, 3.05) is 37.7 Å². The largest absolute Gasteiger partial charge is 0.368 e. The van der Waals surface area contributed by atoms with Gasteiger partial charge in [-0.15, -0.1) is 0 Å². The molecule has 0 aromatic heterocycles. The summed E-state index contributed by atoms with van der Waals surface area (Å²) in [6, 6.07) is 8.00. The lowest BCUT2D eigenvalue weighted by Gasteiger charge is -2.36. The van der Waals surface area contributed by atoms with Crippen LogP contribution in [0.15, 0.2) is 24.3 Å². The summed E-state index contributed by atoms with van der Waals surface area (Å²) in [6.45, 7) is 3.75. The third-order valence-electron chi connectivity index (χ3n) is 4.18. The van der Waals surface area contributed by atoms with Crippen LogP contribution in [0.4, 0.5) is 5.69 Å². The van der Waals surface area contributed by atoms with Gasteiger partial charge in [-0.1, -0.05) is 23.7 Å². The number of morpholine rings is 1. The molecule has 0 saturated carbocycles. The molecular formula is C16H22ClN3O2. The number of halogens is 1. The summed E-state index contributed by atoms with van der Waals surface area (Å²) >= 11 is 6.28. The van der Waals surface area contributed by atoms with Gasteiger partial charge in [0.1, 0.15) is 6.10 Å². The zero-order chi connectivity index (χ0) is 15.4. The molecule has 1 aromatic rings. The number of nitrogens with zero attached hydrogens (tertiary/aromatic N) is 1. The van der Waals surface area contributed by atoms with Crippen LogP contribution < -0.4 is 15.5 Å². The molecule has 2 aliphatic heterocycles. The quantitative estimate of drug-likeness (QED) is 0.883.